The van der Waals surface area contributed by atoms with E-state index in [4.69, 9.17) is 16.9 Å². The summed E-state index contributed by atoms with van der Waals surface area (Å²) in [5.74, 6) is -13.2. The second-order valence-electron chi connectivity index (χ2n) is 32.5. The highest BCUT2D eigenvalue weighted by molar-refractivity contribution is 6.73. The van der Waals surface area contributed by atoms with Crippen LogP contribution in [0.2, 0.25) is 0 Å². The van der Waals surface area contributed by atoms with Crippen molar-refractivity contribution in [2.24, 2.45) is 23.3 Å². The highest BCUT2D eigenvalue weighted by Gasteiger charge is 2.44. The molecule has 0 spiro atoms. The number of carbonyl (C=O) groups is 14. The lowest BCUT2D eigenvalue weighted by Gasteiger charge is -2.32. The van der Waals surface area contributed by atoms with Crippen LogP contribution in [0.3, 0.4) is 0 Å². The maximum absolute atomic E-state index is 15.5. The van der Waals surface area contributed by atoms with E-state index in [1.807, 2.05) is 13.8 Å². The lowest BCUT2D eigenvalue weighted by molar-refractivity contribution is -0.143. The van der Waals surface area contributed by atoms with Crippen LogP contribution in [-0.2, 0) is 99.2 Å². The molecule has 23 N–H and O–H groups in total. The van der Waals surface area contributed by atoms with Gasteiger partial charge in [-0.05, 0) is 165 Å². The Bertz CT molecular complexity index is 4770. The van der Waals surface area contributed by atoms with Crippen LogP contribution in [0.5, 0.6) is 23.0 Å². The van der Waals surface area contributed by atoms with Crippen LogP contribution in [0, 0.1) is 17.2 Å². The van der Waals surface area contributed by atoms with E-state index in [-0.39, 0.29) is 150 Å². The number of nitrogens with one attached hydrogen (secondary N) is 14. The fourth-order valence-corrected chi connectivity index (χ4v) is 15.5. The number of carboxylic acids is 1. The molecule has 124 heavy (non-hydrogen) atoms. The summed E-state index contributed by atoms with van der Waals surface area (Å²) in [6.45, 7) is 6.41. The molecule has 6 aromatic rings. The number of phenols is 4. The van der Waals surface area contributed by atoms with Crippen LogP contribution >= 0.6 is 0 Å². The minimum absolute atomic E-state index is 0.00303. The lowest BCUT2D eigenvalue weighted by Crippen LogP contribution is -2.61. The number of carboxylic acid groups (broad SMARTS) is 1. The first kappa shape index (κ1) is 94.7. The number of hydrogen-bond acceptors (Lipinski definition) is 21. The summed E-state index contributed by atoms with van der Waals surface area (Å²) in [5, 5.41) is 93.2. The number of hydrogen-bond donors (Lipinski definition) is 21. The van der Waals surface area contributed by atoms with Crippen molar-refractivity contribution in [2.75, 3.05) is 32.7 Å². The molecule has 3 saturated heterocycles. The van der Waals surface area contributed by atoms with Crippen molar-refractivity contribution >= 4 is 107 Å². The molecule has 3 aliphatic heterocycles. The average Bonchev–Trinajstić information content (AvgIpc) is 1.56. The predicted molar refractivity (Wildman–Crippen MR) is 457 cm³/mol. The van der Waals surface area contributed by atoms with Crippen LogP contribution < -0.4 is 75.2 Å². The van der Waals surface area contributed by atoms with Gasteiger partial charge in [-0.2, -0.15) is 0 Å². The SMILES string of the molecule is CC(C)C[C@H]1CN[C@@H](CCC(=O)O)C(=O)N[C@@H](CC(C)C)C(=O)NCC(=O)N[C@@H](Cc2c[nH]c3ccccc23)C(=O)N[C@@H](Cc2ccc(O)cc2)C(=O)BN[C@H](Cc2ccc(O)cc2)C(=O)N[C@@H](CC(N)=O)C(=O)N[C@@H](Cc2ccc(O)cc2)C(=O)N2CCC[C@H]2C(=O)N[C@@H](Cc2ccc(O)cc2)C(=O)N[C@@H](CCCNC(=N)N)C(=O)N2CCC[C@H]2C(=O)N1. The average molecular weight is 1710 g/mol. The van der Waals surface area contributed by atoms with Gasteiger partial charge in [-0.1, -0.05) is 94.4 Å². The van der Waals surface area contributed by atoms with Crippen molar-refractivity contribution in [3.8, 4) is 23.0 Å². The van der Waals surface area contributed by atoms with Crippen LogP contribution in [0.4, 0.5) is 0 Å². The number of aromatic nitrogens is 1. The molecule has 12 amide bonds. The van der Waals surface area contributed by atoms with Gasteiger partial charge in [0, 0.05) is 75.0 Å². The van der Waals surface area contributed by atoms with Gasteiger partial charge in [0.15, 0.2) is 5.96 Å². The van der Waals surface area contributed by atoms with Gasteiger partial charge in [0.05, 0.1) is 31.1 Å². The Morgan fingerprint density at radius 2 is 0.952 bits per heavy atom. The van der Waals surface area contributed by atoms with Crippen molar-refractivity contribution in [3.05, 3.63) is 155 Å². The van der Waals surface area contributed by atoms with Crippen molar-refractivity contribution in [2.45, 2.75) is 203 Å². The van der Waals surface area contributed by atoms with E-state index in [1.54, 1.807) is 44.3 Å². The first-order valence-electron chi connectivity index (χ1n) is 41.7. The van der Waals surface area contributed by atoms with Gasteiger partial charge >= 0.3 is 5.97 Å². The third-order valence-electron chi connectivity index (χ3n) is 21.8. The van der Waals surface area contributed by atoms with E-state index >= 15 is 38.4 Å². The second-order valence-corrected chi connectivity index (χ2v) is 32.5. The van der Waals surface area contributed by atoms with E-state index < -0.39 is 182 Å². The number of amides is 12. The number of fused-ring (bicyclic) bond motifs is 3. The molecule has 0 bridgehead atoms. The van der Waals surface area contributed by atoms with Crippen molar-refractivity contribution in [1.82, 2.24) is 78.5 Å². The number of primary amides is 1. The molecule has 0 saturated carbocycles. The number of phenolic OH excluding ortho intramolecular Hbond substituents is 4. The number of benzene rings is 5. The maximum Gasteiger partial charge on any atom is 0.303 e. The molecule has 9 rings (SSSR count). The van der Waals surface area contributed by atoms with Gasteiger partial charge in [0.25, 0.3) is 7.41 Å². The molecule has 38 heteroatoms. The smallest absolute Gasteiger partial charge is 0.303 e. The number of aromatic amines is 1. The number of carbonyl (C=O) groups excluding carboxylic acids is 13. The van der Waals surface area contributed by atoms with Crippen LogP contribution in [0.1, 0.15) is 126 Å². The zero-order chi connectivity index (χ0) is 89.8. The Balaban J connectivity index is 1.10. The Kier molecular flexibility index (Phi) is 34.9. The Morgan fingerprint density at radius 3 is 1.49 bits per heavy atom. The zero-order valence-electron chi connectivity index (χ0n) is 69.8. The van der Waals surface area contributed by atoms with E-state index in [2.05, 4.69) is 68.7 Å². The Labute approximate surface area is 717 Å². The van der Waals surface area contributed by atoms with Gasteiger partial charge in [-0.15, -0.1) is 0 Å². The summed E-state index contributed by atoms with van der Waals surface area (Å²) in [6.07, 6.45) is -0.416. The third-order valence-corrected chi connectivity index (χ3v) is 21.8. The first-order chi connectivity index (χ1) is 59.1. The van der Waals surface area contributed by atoms with Crippen molar-refractivity contribution in [3.63, 3.8) is 0 Å². The monoisotopic (exact) mass is 1710 g/mol. The molecule has 0 aliphatic carbocycles. The number of H-pyrrole nitrogens is 1. The summed E-state index contributed by atoms with van der Waals surface area (Å²) >= 11 is 0. The topological polar surface area (TPSA) is 583 Å². The predicted octanol–water partition coefficient (Wildman–Crippen LogP) is -0.616. The molecule has 3 fully saturated rings. The fraction of sp³-hybridized carbons (Fsp3) is 0.453. The summed E-state index contributed by atoms with van der Waals surface area (Å²) in [4.78, 5) is 211. The second kappa shape index (κ2) is 45.7. The quantitative estimate of drug-likeness (QED) is 0.0165. The molecular weight excluding hydrogens is 1600 g/mol. The van der Waals surface area contributed by atoms with Gasteiger partial charge in [0.1, 0.15) is 77.0 Å². The van der Waals surface area contributed by atoms with Crippen molar-refractivity contribution in [1.29, 1.82) is 5.41 Å². The van der Waals surface area contributed by atoms with E-state index in [9.17, 15) is 54.3 Å². The molecule has 0 unspecified atom stereocenters. The minimum Gasteiger partial charge on any atom is -0.508 e. The highest BCUT2D eigenvalue weighted by atomic mass is 16.4. The summed E-state index contributed by atoms with van der Waals surface area (Å²) < 4.78 is 0. The summed E-state index contributed by atoms with van der Waals surface area (Å²) in [6, 6.07) is 12.8. The van der Waals surface area contributed by atoms with Gasteiger partial charge < -0.3 is 120 Å². The van der Waals surface area contributed by atoms with E-state index in [1.165, 1.54) is 107 Å². The normalized spacial score (nSPS) is 23.4. The summed E-state index contributed by atoms with van der Waals surface area (Å²) in [7, 11) is -0.727. The number of aromatic hydroxyl groups is 4. The molecule has 5 aromatic carbocycles. The molecule has 37 nitrogen and oxygen atoms in total. The molecule has 12 atom stereocenters. The molecule has 3 aliphatic rings. The number of aliphatic carboxylic acids is 1. The van der Waals surface area contributed by atoms with Crippen LogP contribution in [0.15, 0.2) is 128 Å². The number of guanidine groups is 1. The Morgan fingerprint density at radius 1 is 0.500 bits per heavy atom. The molecule has 664 valence electrons. The zero-order valence-corrected chi connectivity index (χ0v) is 69.8. The fourth-order valence-electron chi connectivity index (χ4n) is 15.5. The standard InChI is InChI=1S/C86H113BN18O19/c1-47(2)36-54-45-93-61(31-32-74(112)113)77(116)99-64(37-48(3)4)76(115)94-46-73(111)96-66(42-53-44-92-60-11-6-5-10-59(53)60)79(118)98-63(38-49-15-23-55(106)24-16-49)75(114)87-103-68(40-51-19-27-57(108)28-20-51)81(120)100-67(43-72(88)110)80(119)102-69(41-52-21-29-58(109)30-22-52)85(124)105-35-9-14-71(105)83(122)101-65(39-50-17-25-56(107)26-18-50)78(117)97-62(12-7-33-91-86(89)90)84(123)104-34-8-13-70(104)82(121)95-54/h5-6,10-11,15-30,44,47-48,54,61-71,87,92-93,103,106-109H,7-9,12-14,31-43,45-46H2,1-4H3,(H2,88,110)(H,94,115)(H,95,121)(H,96,111)(H,97,117)(H,98,118)(H,99,116)(H,100,120)(H,101,122)(H,102,119)(H,112,113)(H4,89,90,91)/t54-,61-,62-,63-,64-,65-,66-,67-,68+,69-,70-,71-/m0/s1. The number of nitrogens with zero attached hydrogens (tertiary/aromatic N) is 2. The maximum atomic E-state index is 15.5. The van der Waals surface area contributed by atoms with Gasteiger partial charge in [0.2, 0.25) is 70.9 Å². The minimum atomic E-state index is -1.88. The largest absolute Gasteiger partial charge is 0.508 e. The van der Waals surface area contributed by atoms with E-state index in [0.717, 1.165) is 0 Å². The lowest BCUT2D eigenvalue weighted by atomic mass is 9.78. The molecule has 0 radical (unpaired) electrons. The molecule has 1 aromatic heterocycles. The van der Waals surface area contributed by atoms with Crippen molar-refractivity contribution < 1.29 is 92.7 Å². The Hall–Kier alpha value is -13.1. The first-order valence-corrected chi connectivity index (χ1v) is 41.7. The number of para-hydroxylation sites is 1. The van der Waals surface area contributed by atoms with E-state index in [0.29, 0.717) is 45.1 Å². The summed E-state index contributed by atoms with van der Waals surface area (Å²) in [5.41, 5.74) is 13.5. The number of nitrogens with two attached hydrogens (primary N) is 2. The molecular formula is C86H113BN18O19. The third kappa shape index (κ3) is 28.8. The number of rotatable bonds is 23. The van der Waals surface area contributed by atoms with Gasteiger partial charge in [-0.25, -0.2) is 0 Å². The van der Waals surface area contributed by atoms with Crippen LogP contribution in [-0.4, -0.2) is 241 Å². The van der Waals surface area contributed by atoms with Crippen LogP contribution in [0.25, 0.3) is 10.9 Å². The highest BCUT2D eigenvalue weighted by Crippen LogP contribution is 2.26. The molecule has 4 heterocycles. The van der Waals surface area contributed by atoms with Gasteiger partial charge in [-0.3, -0.25) is 67.7 Å².